The molecule has 24 heavy (non-hydrogen) atoms. The van der Waals surface area contributed by atoms with Gasteiger partial charge in [0.25, 0.3) is 0 Å². The van der Waals surface area contributed by atoms with Crippen LogP contribution in [0.4, 0.5) is 10.2 Å². The molecule has 134 valence electrons. The fourth-order valence-electron chi connectivity index (χ4n) is 3.28. The number of hydrogen-bond acceptors (Lipinski definition) is 6. The lowest BCUT2D eigenvalue weighted by molar-refractivity contribution is 0.0725. The van der Waals surface area contributed by atoms with Crippen molar-refractivity contribution in [1.29, 1.82) is 0 Å². The van der Waals surface area contributed by atoms with Gasteiger partial charge in [0.2, 0.25) is 10.0 Å². The zero-order valence-corrected chi connectivity index (χ0v) is 14.9. The van der Waals surface area contributed by atoms with E-state index in [-0.39, 0.29) is 18.1 Å². The molecule has 0 amide bonds. The summed E-state index contributed by atoms with van der Waals surface area (Å²) in [7, 11) is -3.41. The molecule has 0 bridgehead atoms. The van der Waals surface area contributed by atoms with E-state index in [1.807, 2.05) is 0 Å². The number of hydrogen-bond donors (Lipinski definition) is 0. The summed E-state index contributed by atoms with van der Waals surface area (Å²) in [6, 6.07) is 0. The number of anilines is 1. The lowest BCUT2D eigenvalue weighted by Crippen LogP contribution is -2.51. The molecule has 0 spiro atoms. The maximum Gasteiger partial charge on any atom is 0.218 e. The van der Waals surface area contributed by atoms with E-state index in [2.05, 4.69) is 9.97 Å². The summed E-state index contributed by atoms with van der Waals surface area (Å²) in [5.41, 5.74) is 0.288. The molecule has 1 aromatic rings. The Morgan fingerprint density at radius 3 is 2.58 bits per heavy atom. The second-order valence-electron chi connectivity index (χ2n) is 6.26. The summed E-state index contributed by atoms with van der Waals surface area (Å²) in [4.78, 5) is 9.95. The Balaban J connectivity index is 1.82. The van der Waals surface area contributed by atoms with Gasteiger partial charge >= 0.3 is 0 Å². The van der Waals surface area contributed by atoms with Crippen molar-refractivity contribution in [3.8, 4) is 0 Å². The van der Waals surface area contributed by atoms with E-state index in [4.69, 9.17) is 4.74 Å². The summed E-state index contributed by atoms with van der Waals surface area (Å²) in [6.07, 6.45) is 1.27. The number of ether oxygens (including phenoxy) is 1. The van der Waals surface area contributed by atoms with Crippen molar-refractivity contribution in [2.75, 3.05) is 44.3 Å². The summed E-state index contributed by atoms with van der Waals surface area (Å²) < 4.78 is 46.8. The molecule has 2 aliphatic heterocycles. The maximum absolute atomic E-state index is 14.4. The zero-order chi connectivity index (χ0) is 17.3. The molecule has 2 saturated heterocycles. The van der Waals surface area contributed by atoms with Gasteiger partial charge in [0, 0.05) is 26.2 Å². The number of nitrogens with zero attached hydrogens (tertiary/aromatic N) is 4. The van der Waals surface area contributed by atoms with Crippen LogP contribution >= 0.6 is 0 Å². The second-order valence-corrected chi connectivity index (χ2v) is 8.47. The fourth-order valence-corrected chi connectivity index (χ4v) is 5.19. The predicted molar refractivity (Wildman–Crippen MR) is 88.0 cm³/mol. The first-order valence-corrected chi connectivity index (χ1v) is 9.72. The Kier molecular flexibility index (Phi) is 5.03. The van der Waals surface area contributed by atoms with Crippen LogP contribution in [0.5, 0.6) is 0 Å². The third-order valence-electron chi connectivity index (χ3n) is 4.54. The highest BCUT2D eigenvalue weighted by atomic mass is 32.2. The summed E-state index contributed by atoms with van der Waals surface area (Å²) in [6.45, 7) is 5.79. The molecule has 1 unspecified atom stereocenters. The monoisotopic (exact) mass is 358 g/mol. The van der Waals surface area contributed by atoms with Crippen LogP contribution in [-0.2, 0) is 14.8 Å². The molecule has 0 N–H and O–H groups in total. The van der Waals surface area contributed by atoms with Gasteiger partial charge in [-0.05, 0) is 26.7 Å². The largest absolute Gasteiger partial charge is 0.379 e. The third kappa shape index (κ3) is 3.38. The normalized spacial score (nSPS) is 23.5. The van der Waals surface area contributed by atoms with Crippen LogP contribution in [0.15, 0.2) is 0 Å². The van der Waals surface area contributed by atoms with E-state index in [1.165, 1.54) is 4.31 Å². The van der Waals surface area contributed by atoms with Crippen LogP contribution in [0.1, 0.15) is 24.4 Å². The quantitative estimate of drug-likeness (QED) is 0.798. The first kappa shape index (κ1) is 17.5. The average Bonchev–Trinajstić information content (AvgIpc) is 2.59. The van der Waals surface area contributed by atoms with Crippen LogP contribution in [0.25, 0.3) is 0 Å². The van der Waals surface area contributed by atoms with Gasteiger partial charge in [-0.1, -0.05) is 0 Å². The fraction of sp³-hybridized carbons (Fsp3) is 0.733. The first-order chi connectivity index (χ1) is 11.4. The average molecular weight is 358 g/mol. The first-order valence-electron chi connectivity index (χ1n) is 8.22. The number of sulfonamides is 1. The Morgan fingerprint density at radius 2 is 1.88 bits per heavy atom. The summed E-state index contributed by atoms with van der Waals surface area (Å²) >= 11 is 0. The standard InChI is InChI=1S/C15H23FN4O3S/c1-11-14(16)15(18-12(2)17-11)19-5-3-4-13(10-19)24(21,22)20-6-8-23-9-7-20/h13H,3-10H2,1-2H3. The number of halogens is 1. The van der Waals surface area contributed by atoms with Gasteiger partial charge in [-0.25, -0.2) is 22.8 Å². The van der Waals surface area contributed by atoms with Crippen LogP contribution in [0.2, 0.25) is 0 Å². The highest BCUT2D eigenvalue weighted by Gasteiger charge is 2.37. The molecular weight excluding hydrogens is 335 g/mol. The predicted octanol–water partition coefficient (Wildman–Crippen LogP) is 0.863. The Hall–Kier alpha value is -1.32. The minimum atomic E-state index is -3.41. The molecule has 0 aliphatic carbocycles. The van der Waals surface area contributed by atoms with Gasteiger partial charge in [-0.3, -0.25) is 0 Å². The second kappa shape index (κ2) is 6.89. The zero-order valence-electron chi connectivity index (χ0n) is 14.0. The highest BCUT2D eigenvalue weighted by molar-refractivity contribution is 7.89. The van der Waals surface area contributed by atoms with Crippen molar-refractivity contribution >= 4 is 15.8 Å². The smallest absolute Gasteiger partial charge is 0.218 e. The van der Waals surface area contributed by atoms with E-state index >= 15 is 0 Å². The molecule has 0 radical (unpaired) electrons. The minimum Gasteiger partial charge on any atom is -0.379 e. The molecule has 3 heterocycles. The van der Waals surface area contributed by atoms with Gasteiger partial charge in [0.05, 0.1) is 24.2 Å². The van der Waals surface area contributed by atoms with Crippen LogP contribution in [0, 0.1) is 19.7 Å². The molecule has 1 aromatic heterocycles. The number of morpholine rings is 1. The van der Waals surface area contributed by atoms with Crippen molar-refractivity contribution in [2.24, 2.45) is 0 Å². The Morgan fingerprint density at radius 1 is 1.17 bits per heavy atom. The van der Waals surface area contributed by atoms with Gasteiger partial charge in [0.15, 0.2) is 11.6 Å². The Bertz CT molecular complexity index is 707. The molecule has 9 heteroatoms. The van der Waals surface area contributed by atoms with Gasteiger partial charge in [-0.2, -0.15) is 4.31 Å². The van der Waals surface area contributed by atoms with Crippen molar-refractivity contribution < 1.29 is 17.5 Å². The van der Waals surface area contributed by atoms with Crippen LogP contribution in [0.3, 0.4) is 0 Å². The van der Waals surface area contributed by atoms with Gasteiger partial charge in [-0.15, -0.1) is 0 Å². The number of rotatable bonds is 3. The van der Waals surface area contributed by atoms with E-state index in [9.17, 15) is 12.8 Å². The summed E-state index contributed by atoms with van der Waals surface area (Å²) in [5, 5.41) is -0.542. The SMILES string of the molecule is Cc1nc(C)c(F)c(N2CCCC(S(=O)(=O)N3CCOCC3)C2)n1. The number of aromatic nitrogens is 2. The van der Waals surface area contributed by atoms with Crippen molar-refractivity contribution in [2.45, 2.75) is 31.9 Å². The Labute approximate surface area is 141 Å². The van der Waals surface area contributed by atoms with Crippen molar-refractivity contribution in [1.82, 2.24) is 14.3 Å². The molecular formula is C15H23FN4O3S. The topological polar surface area (TPSA) is 75.6 Å². The molecule has 2 fully saturated rings. The minimum absolute atomic E-state index is 0.210. The van der Waals surface area contributed by atoms with Gasteiger partial charge in [0.1, 0.15) is 5.82 Å². The highest BCUT2D eigenvalue weighted by Crippen LogP contribution is 2.27. The number of piperidine rings is 1. The van der Waals surface area contributed by atoms with Crippen LogP contribution in [-0.4, -0.2) is 67.3 Å². The number of aryl methyl sites for hydroxylation is 2. The van der Waals surface area contributed by atoms with E-state index in [0.29, 0.717) is 51.5 Å². The maximum atomic E-state index is 14.4. The lowest BCUT2D eigenvalue weighted by atomic mass is 10.1. The van der Waals surface area contributed by atoms with E-state index in [0.717, 1.165) is 0 Å². The van der Waals surface area contributed by atoms with E-state index < -0.39 is 21.1 Å². The molecule has 0 saturated carbocycles. The molecule has 2 aliphatic rings. The molecule has 1 atom stereocenters. The van der Waals surface area contributed by atoms with Crippen LogP contribution < -0.4 is 4.90 Å². The van der Waals surface area contributed by atoms with E-state index in [1.54, 1.807) is 18.7 Å². The molecule has 3 rings (SSSR count). The van der Waals surface area contributed by atoms with Crippen molar-refractivity contribution in [3.05, 3.63) is 17.3 Å². The summed E-state index contributed by atoms with van der Waals surface area (Å²) in [5.74, 6) is 0.231. The molecule has 7 nitrogen and oxygen atoms in total. The van der Waals surface area contributed by atoms with Crippen molar-refractivity contribution in [3.63, 3.8) is 0 Å². The lowest BCUT2D eigenvalue weighted by Gasteiger charge is -2.37. The third-order valence-corrected chi connectivity index (χ3v) is 6.85. The van der Waals surface area contributed by atoms with Gasteiger partial charge < -0.3 is 9.64 Å². The molecule has 0 aromatic carbocycles.